The number of hydrogen-bond donors (Lipinski definition) is 1. The Balaban J connectivity index is 2.51. The van der Waals surface area contributed by atoms with Gasteiger partial charge in [0.1, 0.15) is 5.82 Å². The number of aromatic nitrogens is 1. The molecule has 1 N–H and O–H groups in total. The first-order chi connectivity index (χ1) is 6.59. The Hall–Kier alpha value is -0.640. The predicted octanol–water partition coefficient (Wildman–Crippen LogP) is 3.31. The third-order valence-electron chi connectivity index (χ3n) is 1.81. The van der Waals surface area contributed by atoms with Gasteiger partial charge in [0, 0.05) is 12.7 Å². The highest BCUT2D eigenvalue weighted by Crippen LogP contribution is 2.20. The summed E-state index contributed by atoms with van der Waals surface area (Å²) in [5.74, 6) is 0.774. The Kier molecular flexibility index (Phi) is 4.32. The minimum absolute atomic E-state index is 0.502. The summed E-state index contributed by atoms with van der Waals surface area (Å²) in [5.41, 5.74) is 1.10. The van der Waals surface area contributed by atoms with Gasteiger partial charge in [-0.3, -0.25) is 0 Å². The molecule has 4 heteroatoms. The van der Waals surface area contributed by atoms with Crippen molar-refractivity contribution in [1.82, 2.24) is 4.98 Å². The SMILES string of the molecule is Cc1cnc(NCCC(C)F)c(Br)c1. The van der Waals surface area contributed by atoms with Crippen molar-refractivity contribution in [3.63, 3.8) is 0 Å². The van der Waals surface area contributed by atoms with Crippen LogP contribution < -0.4 is 5.32 Å². The molecule has 0 aliphatic rings. The van der Waals surface area contributed by atoms with Gasteiger partial charge in [0.15, 0.2) is 0 Å². The predicted molar refractivity (Wildman–Crippen MR) is 60.4 cm³/mol. The van der Waals surface area contributed by atoms with Crippen molar-refractivity contribution in [2.24, 2.45) is 0 Å². The average Bonchev–Trinajstić information content (AvgIpc) is 2.08. The van der Waals surface area contributed by atoms with Crippen LogP contribution in [0.25, 0.3) is 0 Å². The van der Waals surface area contributed by atoms with Gasteiger partial charge in [-0.05, 0) is 47.8 Å². The van der Waals surface area contributed by atoms with Crippen LogP contribution in [-0.2, 0) is 0 Å². The Labute approximate surface area is 92.1 Å². The fraction of sp³-hybridized carbons (Fsp3) is 0.500. The second-order valence-electron chi connectivity index (χ2n) is 3.34. The summed E-state index contributed by atoms with van der Waals surface area (Å²) in [4.78, 5) is 4.19. The second-order valence-corrected chi connectivity index (χ2v) is 4.19. The lowest BCUT2D eigenvalue weighted by molar-refractivity contribution is 0.348. The Morgan fingerprint density at radius 3 is 2.93 bits per heavy atom. The zero-order valence-corrected chi connectivity index (χ0v) is 9.94. The van der Waals surface area contributed by atoms with E-state index in [1.807, 2.05) is 13.0 Å². The fourth-order valence-corrected chi connectivity index (χ4v) is 1.66. The molecule has 0 spiro atoms. The van der Waals surface area contributed by atoms with Gasteiger partial charge in [-0.1, -0.05) is 0 Å². The van der Waals surface area contributed by atoms with Crippen molar-refractivity contribution in [3.05, 3.63) is 22.3 Å². The van der Waals surface area contributed by atoms with E-state index in [2.05, 4.69) is 26.2 Å². The molecular weight excluding hydrogens is 247 g/mol. The van der Waals surface area contributed by atoms with Crippen molar-refractivity contribution in [1.29, 1.82) is 0 Å². The number of pyridine rings is 1. The minimum atomic E-state index is -0.772. The zero-order chi connectivity index (χ0) is 10.6. The average molecular weight is 261 g/mol. The molecule has 0 saturated heterocycles. The lowest BCUT2D eigenvalue weighted by Crippen LogP contribution is -2.08. The zero-order valence-electron chi connectivity index (χ0n) is 8.35. The van der Waals surface area contributed by atoms with Crippen molar-refractivity contribution in [2.75, 3.05) is 11.9 Å². The van der Waals surface area contributed by atoms with E-state index in [0.717, 1.165) is 15.9 Å². The summed E-state index contributed by atoms with van der Waals surface area (Å²) in [6.45, 7) is 4.14. The molecule has 0 fully saturated rings. The second kappa shape index (κ2) is 5.29. The maximum Gasteiger partial charge on any atom is 0.140 e. The number of anilines is 1. The Morgan fingerprint density at radius 1 is 1.64 bits per heavy atom. The summed E-state index contributed by atoms with van der Waals surface area (Å²) in [6.07, 6.45) is 1.51. The molecule has 0 amide bonds. The summed E-state index contributed by atoms with van der Waals surface area (Å²) in [7, 11) is 0. The first kappa shape index (κ1) is 11.4. The highest BCUT2D eigenvalue weighted by molar-refractivity contribution is 9.10. The van der Waals surface area contributed by atoms with Gasteiger partial charge >= 0.3 is 0 Å². The maximum atomic E-state index is 12.5. The number of halogens is 2. The highest BCUT2D eigenvalue weighted by Gasteiger charge is 2.02. The van der Waals surface area contributed by atoms with E-state index in [1.54, 1.807) is 13.1 Å². The fourth-order valence-electron chi connectivity index (χ4n) is 1.05. The molecule has 0 aliphatic carbocycles. The van der Waals surface area contributed by atoms with E-state index >= 15 is 0 Å². The van der Waals surface area contributed by atoms with Gasteiger partial charge in [-0.25, -0.2) is 9.37 Å². The largest absolute Gasteiger partial charge is 0.369 e. The molecule has 1 rings (SSSR count). The molecule has 0 aliphatic heterocycles. The van der Waals surface area contributed by atoms with Crippen molar-refractivity contribution < 1.29 is 4.39 Å². The van der Waals surface area contributed by atoms with Gasteiger partial charge in [-0.15, -0.1) is 0 Å². The molecule has 2 nitrogen and oxygen atoms in total. The van der Waals surface area contributed by atoms with Gasteiger partial charge in [-0.2, -0.15) is 0 Å². The number of nitrogens with zero attached hydrogens (tertiary/aromatic N) is 1. The summed E-state index contributed by atoms with van der Waals surface area (Å²) < 4.78 is 13.4. The van der Waals surface area contributed by atoms with Crippen LogP contribution in [-0.4, -0.2) is 17.7 Å². The molecule has 1 unspecified atom stereocenters. The summed E-state index contributed by atoms with van der Waals surface area (Å²) >= 11 is 3.40. The van der Waals surface area contributed by atoms with Crippen molar-refractivity contribution in [3.8, 4) is 0 Å². The van der Waals surface area contributed by atoms with E-state index in [-0.39, 0.29) is 0 Å². The number of rotatable bonds is 4. The van der Waals surface area contributed by atoms with E-state index in [4.69, 9.17) is 0 Å². The van der Waals surface area contributed by atoms with E-state index in [9.17, 15) is 4.39 Å². The third-order valence-corrected chi connectivity index (χ3v) is 2.42. The molecular formula is C10H14BrFN2. The molecule has 0 saturated carbocycles. The number of hydrogen-bond acceptors (Lipinski definition) is 2. The molecule has 1 aromatic heterocycles. The minimum Gasteiger partial charge on any atom is -0.369 e. The molecule has 0 bridgehead atoms. The monoisotopic (exact) mass is 260 g/mol. The highest BCUT2D eigenvalue weighted by atomic mass is 79.9. The number of aryl methyl sites for hydroxylation is 1. The molecule has 14 heavy (non-hydrogen) atoms. The Morgan fingerprint density at radius 2 is 2.36 bits per heavy atom. The third kappa shape index (κ3) is 3.62. The number of alkyl halides is 1. The van der Waals surface area contributed by atoms with Crippen LogP contribution >= 0.6 is 15.9 Å². The lowest BCUT2D eigenvalue weighted by atomic mass is 10.3. The quantitative estimate of drug-likeness (QED) is 0.899. The smallest absolute Gasteiger partial charge is 0.140 e. The van der Waals surface area contributed by atoms with E-state index in [0.29, 0.717) is 13.0 Å². The van der Waals surface area contributed by atoms with Gasteiger partial charge in [0.25, 0.3) is 0 Å². The molecule has 0 radical (unpaired) electrons. The van der Waals surface area contributed by atoms with Gasteiger partial charge in [0.05, 0.1) is 10.6 Å². The first-order valence-electron chi connectivity index (χ1n) is 4.59. The summed E-state index contributed by atoms with van der Waals surface area (Å²) in [6, 6.07) is 1.98. The topological polar surface area (TPSA) is 24.9 Å². The van der Waals surface area contributed by atoms with E-state index in [1.165, 1.54) is 0 Å². The van der Waals surface area contributed by atoms with Crippen LogP contribution in [0.15, 0.2) is 16.7 Å². The van der Waals surface area contributed by atoms with E-state index < -0.39 is 6.17 Å². The van der Waals surface area contributed by atoms with Crippen LogP contribution in [0.4, 0.5) is 10.2 Å². The van der Waals surface area contributed by atoms with Crippen LogP contribution in [0.5, 0.6) is 0 Å². The normalized spacial score (nSPS) is 12.6. The van der Waals surface area contributed by atoms with Crippen LogP contribution in [0.1, 0.15) is 18.9 Å². The standard InChI is InChI=1S/C10H14BrFN2/c1-7-5-9(11)10(14-6-7)13-4-3-8(2)12/h5-6,8H,3-4H2,1-2H3,(H,13,14). The number of nitrogens with one attached hydrogen (secondary N) is 1. The Bertz CT molecular complexity index is 302. The molecule has 1 atom stereocenters. The lowest BCUT2D eigenvalue weighted by Gasteiger charge is -2.08. The molecule has 0 aromatic carbocycles. The summed E-state index contributed by atoms with van der Waals surface area (Å²) in [5, 5.41) is 3.07. The van der Waals surface area contributed by atoms with Crippen molar-refractivity contribution >= 4 is 21.7 Å². The molecule has 1 heterocycles. The van der Waals surface area contributed by atoms with Crippen LogP contribution in [0.2, 0.25) is 0 Å². The van der Waals surface area contributed by atoms with Crippen LogP contribution in [0, 0.1) is 6.92 Å². The van der Waals surface area contributed by atoms with Crippen molar-refractivity contribution in [2.45, 2.75) is 26.4 Å². The molecule has 1 aromatic rings. The first-order valence-corrected chi connectivity index (χ1v) is 5.39. The maximum absolute atomic E-state index is 12.5. The van der Waals surface area contributed by atoms with Gasteiger partial charge in [0.2, 0.25) is 0 Å². The van der Waals surface area contributed by atoms with Gasteiger partial charge < -0.3 is 5.32 Å². The molecule has 78 valence electrons. The van der Waals surface area contributed by atoms with Crippen LogP contribution in [0.3, 0.4) is 0 Å².